The Morgan fingerprint density at radius 2 is 2.29 bits per heavy atom. The van der Waals surface area contributed by atoms with E-state index in [4.69, 9.17) is 5.73 Å². The van der Waals surface area contributed by atoms with E-state index in [9.17, 15) is 14.7 Å². The number of aliphatic hydroxyl groups excluding tert-OH is 1. The van der Waals surface area contributed by atoms with Gasteiger partial charge in [-0.25, -0.2) is 0 Å². The third-order valence-corrected chi connectivity index (χ3v) is 2.69. The maximum absolute atomic E-state index is 11.4. The summed E-state index contributed by atoms with van der Waals surface area (Å²) < 4.78 is 0. The number of rotatable bonds is 2. The zero-order valence-electron chi connectivity index (χ0n) is 9.14. The summed E-state index contributed by atoms with van der Waals surface area (Å²) in [6, 6.07) is 4.90. The van der Waals surface area contributed by atoms with Crippen molar-refractivity contribution in [2.24, 2.45) is 5.73 Å². The number of nitrogens with zero attached hydrogens (tertiary/aromatic N) is 1. The molecule has 6 heteroatoms. The van der Waals surface area contributed by atoms with Gasteiger partial charge >= 0.3 is 0 Å². The summed E-state index contributed by atoms with van der Waals surface area (Å²) in [5, 5.41) is 11.9. The zero-order chi connectivity index (χ0) is 12.4. The van der Waals surface area contributed by atoms with Crippen molar-refractivity contribution in [3.63, 3.8) is 0 Å². The molecule has 90 valence electrons. The van der Waals surface area contributed by atoms with Gasteiger partial charge in [-0.1, -0.05) is 0 Å². The second kappa shape index (κ2) is 4.42. The maximum Gasteiger partial charge on any atom is 0.248 e. The molecule has 1 heterocycles. The number of hydrogen-bond donors (Lipinski definition) is 3. The first-order valence-electron chi connectivity index (χ1n) is 5.17. The van der Waals surface area contributed by atoms with Crippen LogP contribution in [0.3, 0.4) is 0 Å². The smallest absolute Gasteiger partial charge is 0.248 e. The maximum atomic E-state index is 11.4. The molecule has 0 fully saturated rings. The first kappa shape index (κ1) is 11.4. The third-order valence-electron chi connectivity index (χ3n) is 2.69. The molecule has 0 unspecified atom stereocenters. The molecule has 2 rings (SSSR count). The number of nitrogens with one attached hydrogen (secondary N) is 1. The lowest BCUT2D eigenvalue weighted by atomic mass is 10.1. The van der Waals surface area contributed by atoms with Crippen molar-refractivity contribution in [1.82, 2.24) is 5.32 Å². The highest BCUT2D eigenvalue weighted by Crippen LogP contribution is 2.23. The molecule has 0 aromatic heterocycles. The highest BCUT2D eigenvalue weighted by Gasteiger charge is 2.19. The van der Waals surface area contributed by atoms with E-state index in [1.807, 2.05) is 0 Å². The number of benzene rings is 1. The number of carbonyl (C=O) groups excluding carboxylic acids is 2. The summed E-state index contributed by atoms with van der Waals surface area (Å²) in [6.07, 6.45) is 0. The number of nitrogens with two attached hydrogens (primary N) is 1. The Kier molecular flexibility index (Phi) is 2.97. The van der Waals surface area contributed by atoms with Crippen molar-refractivity contribution >= 4 is 17.5 Å². The molecule has 0 bridgehead atoms. The summed E-state index contributed by atoms with van der Waals surface area (Å²) in [7, 11) is 0. The van der Waals surface area contributed by atoms with Crippen LogP contribution in [0.4, 0.5) is 5.69 Å². The number of anilines is 1. The standard InChI is InChI=1S/C11H13N3O3/c12-11(17)7-1-2-9-8(3-7)4-13-10(16)5-14(9)6-15/h1-3,15H,4-6H2,(H2,12,17)(H,13,16). The van der Waals surface area contributed by atoms with Crippen LogP contribution < -0.4 is 16.0 Å². The lowest BCUT2D eigenvalue weighted by molar-refractivity contribution is -0.119. The fourth-order valence-electron chi connectivity index (χ4n) is 1.82. The van der Waals surface area contributed by atoms with Crippen LogP contribution in [0.15, 0.2) is 18.2 Å². The Morgan fingerprint density at radius 3 is 2.94 bits per heavy atom. The fraction of sp³-hybridized carbons (Fsp3) is 0.273. The fourth-order valence-corrected chi connectivity index (χ4v) is 1.82. The van der Waals surface area contributed by atoms with Crippen LogP contribution in [-0.4, -0.2) is 30.2 Å². The zero-order valence-corrected chi connectivity index (χ0v) is 9.14. The monoisotopic (exact) mass is 235 g/mol. The molecule has 1 aromatic carbocycles. The molecule has 0 saturated carbocycles. The first-order valence-corrected chi connectivity index (χ1v) is 5.17. The largest absolute Gasteiger partial charge is 0.376 e. The molecular weight excluding hydrogens is 222 g/mol. The van der Waals surface area contributed by atoms with Crippen LogP contribution >= 0.6 is 0 Å². The second-order valence-corrected chi connectivity index (χ2v) is 3.82. The van der Waals surface area contributed by atoms with Gasteiger partial charge in [-0.2, -0.15) is 0 Å². The number of hydrogen-bond acceptors (Lipinski definition) is 4. The van der Waals surface area contributed by atoms with Crippen LogP contribution in [0.5, 0.6) is 0 Å². The Labute approximate surface area is 98.0 Å². The molecular formula is C11H13N3O3. The van der Waals surface area contributed by atoms with E-state index in [1.165, 1.54) is 4.90 Å². The lowest BCUT2D eigenvalue weighted by Crippen LogP contribution is -2.34. The van der Waals surface area contributed by atoms with Gasteiger partial charge in [0.25, 0.3) is 0 Å². The predicted molar refractivity (Wildman–Crippen MR) is 61.2 cm³/mol. The summed E-state index contributed by atoms with van der Waals surface area (Å²) in [5.41, 5.74) is 7.08. The average molecular weight is 235 g/mol. The highest BCUT2D eigenvalue weighted by molar-refractivity contribution is 5.94. The van der Waals surface area contributed by atoms with Gasteiger partial charge in [0.15, 0.2) is 0 Å². The summed E-state index contributed by atoms with van der Waals surface area (Å²) in [5.74, 6) is -0.685. The van der Waals surface area contributed by atoms with Gasteiger partial charge in [0.1, 0.15) is 6.73 Å². The van der Waals surface area contributed by atoms with E-state index in [-0.39, 0.29) is 19.2 Å². The number of aliphatic hydroxyl groups is 1. The van der Waals surface area contributed by atoms with Crippen LogP contribution in [0.2, 0.25) is 0 Å². The van der Waals surface area contributed by atoms with Gasteiger partial charge in [0.05, 0.1) is 6.54 Å². The minimum atomic E-state index is -0.515. The number of carbonyl (C=O) groups is 2. The second-order valence-electron chi connectivity index (χ2n) is 3.82. The van der Waals surface area contributed by atoms with Gasteiger partial charge < -0.3 is 21.1 Å². The van der Waals surface area contributed by atoms with Gasteiger partial charge in [-0.3, -0.25) is 9.59 Å². The Morgan fingerprint density at radius 1 is 1.53 bits per heavy atom. The number of fused-ring (bicyclic) bond motifs is 1. The lowest BCUT2D eigenvalue weighted by Gasteiger charge is -2.20. The molecule has 0 saturated heterocycles. The van der Waals surface area contributed by atoms with Crippen molar-refractivity contribution in [1.29, 1.82) is 0 Å². The van der Waals surface area contributed by atoms with E-state index in [0.29, 0.717) is 12.1 Å². The summed E-state index contributed by atoms with van der Waals surface area (Å²) in [4.78, 5) is 24.0. The number of primary amides is 1. The molecule has 4 N–H and O–H groups in total. The van der Waals surface area contributed by atoms with Crippen molar-refractivity contribution in [3.05, 3.63) is 29.3 Å². The van der Waals surface area contributed by atoms with Gasteiger partial charge in [-0.05, 0) is 23.8 Å². The minimum absolute atomic E-state index is 0.0966. The molecule has 0 aliphatic carbocycles. The Hall–Kier alpha value is -2.08. The average Bonchev–Trinajstić information content (AvgIpc) is 2.48. The van der Waals surface area contributed by atoms with E-state index < -0.39 is 5.91 Å². The van der Waals surface area contributed by atoms with Crippen molar-refractivity contribution in [3.8, 4) is 0 Å². The van der Waals surface area contributed by atoms with E-state index in [0.717, 1.165) is 11.3 Å². The molecule has 1 aliphatic rings. The summed E-state index contributed by atoms with van der Waals surface area (Å²) in [6.45, 7) is 0.168. The first-order chi connectivity index (χ1) is 8.11. The van der Waals surface area contributed by atoms with Gasteiger partial charge in [-0.15, -0.1) is 0 Å². The van der Waals surface area contributed by atoms with E-state index in [2.05, 4.69) is 5.32 Å². The molecule has 1 aromatic rings. The normalized spacial score (nSPS) is 14.9. The highest BCUT2D eigenvalue weighted by atomic mass is 16.3. The SMILES string of the molecule is NC(=O)c1ccc2c(c1)CNC(=O)CN2CO. The van der Waals surface area contributed by atoms with Crippen molar-refractivity contribution < 1.29 is 14.7 Å². The minimum Gasteiger partial charge on any atom is -0.376 e. The van der Waals surface area contributed by atoms with Gasteiger partial charge in [0, 0.05) is 17.8 Å². The third kappa shape index (κ3) is 2.21. The molecule has 1 aliphatic heterocycles. The quantitative estimate of drug-likeness (QED) is 0.623. The molecule has 0 atom stereocenters. The molecule has 2 amide bonds. The Bertz CT molecular complexity index is 473. The molecule has 0 spiro atoms. The predicted octanol–water partition coefficient (Wildman–Crippen LogP) is -0.828. The molecule has 0 radical (unpaired) electrons. The van der Waals surface area contributed by atoms with Crippen molar-refractivity contribution in [2.75, 3.05) is 18.2 Å². The topological polar surface area (TPSA) is 95.7 Å². The van der Waals surface area contributed by atoms with E-state index in [1.54, 1.807) is 18.2 Å². The van der Waals surface area contributed by atoms with Gasteiger partial charge in [0.2, 0.25) is 11.8 Å². The molecule has 17 heavy (non-hydrogen) atoms. The van der Waals surface area contributed by atoms with Crippen molar-refractivity contribution in [2.45, 2.75) is 6.54 Å². The van der Waals surface area contributed by atoms with Crippen LogP contribution in [0.1, 0.15) is 15.9 Å². The van der Waals surface area contributed by atoms with E-state index >= 15 is 0 Å². The van der Waals surface area contributed by atoms with Crippen LogP contribution in [0.25, 0.3) is 0 Å². The molecule has 6 nitrogen and oxygen atoms in total. The van der Waals surface area contributed by atoms with Crippen LogP contribution in [0, 0.1) is 0 Å². The summed E-state index contributed by atoms with van der Waals surface area (Å²) >= 11 is 0. The Balaban J connectivity index is 2.44. The van der Waals surface area contributed by atoms with Crippen LogP contribution in [-0.2, 0) is 11.3 Å². The number of amides is 2.